The first kappa shape index (κ1) is 12.4. The Morgan fingerprint density at radius 1 is 1.47 bits per heavy atom. The molecule has 2 aromatic rings. The van der Waals surface area contributed by atoms with Gasteiger partial charge in [0, 0.05) is 23.8 Å². The lowest BCUT2D eigenvalue weighted by Crippen LogP contribution is -2.27. The van der Waals surface area contributed by atoms with Crippen LogP contribution in [0.15, 0.2) is 36.7 Å². The van der Waals surface area contributed by atoms with E-state index in [1.807, 2.05) is 31.2 Å². The smallest absolute Gasteiger partial charge is 0.242 e. The monoisotopic (exact) mass is 274 g/mol. The molecule has 1 aliphatic carbocycles. The van der Waals surface area contributed by atoms with Crippen LogP contribution in [0.3, 0.4) is 0 Å². The van der Waals surface area contributed by atoms with Gasteiger partial charge in [-0.1, -0.05) is 30.7 Å². The lowest BCUT2D eigenvalue weighted by atomic mass is 9.95. The fourth-order valence-corrected chi connectivity index (χ4v) is 2.74. The largest absolute Gasteiger partial charge is 0.273 e. The minimum absolute atomic E-state index is 0.115. The topological polar surface area (TPSA) is 34.9 Å². The van der Waals surface area contributed by atoms with Crippen LogP contribution in [-0.2, 0) is 11.8 Å². The first-order valence-corrected chi connectivity index (χ1v) is 6.88. The maximum absolute atomic E-state index is 12.8. The Bertz CT molecular complexity index is 629. The average molecular weight is 275 g/mol. The van der Waals surface area contributed by atoms with E-state index in [0.29, 0.717) is 5.02 Å². The van der Waals surface area contributed by atoms with Gasteiger partial charge in [0.25, 0.3) is 0 Å². The molecule has 1 aromatic carbocycles. The zero-order chi connectivity index (χ0) is 13.5. The molecule has 3 nitrogen and oxygen atoms in total. The number of carbonyl (C=O) groups excluding carboxylic acids is 1. The molecule has 0 bridgehead atoms. The van der Waals surface area contributed by atoms with E-state index < -0.39 is 5.41 Å². The van der Waals surface area contributed by atoms with E-state index in [1.54, 1.807) is 17.0 Å². The summed E-state index contributed by atoms with van der Waals surface area (Å²) in [6.07, 6.45) is 5.96. The van der Waals surface area contributed by atoms with Crippen LogP contribution in [0.5, 0.6) is 0 Å². The molecule has 0 saturated heterocycles. The summed E-state index contributed by atoms with van der Waals surface area (Å²) in [7, 11) is 0. The summed E-state index contributed by atoms with van der Waals surface area (Å²) in [4.78, 5) is 17.0. The SMILES string of the molecule is CCc1nccn1C(=O)C1(c2cccc(Cl)c2)CC1. The molecule has 4 heteroatoms. The molecule has 1 aliphatic rings. The van der Waals surface area contributed by atoms with Gasteiger partial charge in [-0.15, -0.1) is 0 Å². The van der Waals surface area contributed by atoms with Gasteiger partial charge in [-0.2, -0.15) is 0 Å². The molecular formula is C15H15ClN2O. The first-order valence-electron chi connectivity index (χ1n) is 6.50. The van der Waals surface area contributed by atoms with E-state index in [1.165, 1.54) is 0 Å². The van der Waals surface area contributed by atoms with Crippen LogP contribution in [0, 0.1) is 0 Å². The van der Waals surface area contributed by atoms with Crippen molar-refractivity contribution in [3.8, 4) is 0 Å². The number of nitrogens with zero attached hydrogens (tertiary/aromatic N) is 2. The van der Waals surface area contributed by atoms with Crippen LogP contribution in [0.4, 0.5) is 0 Å². The van der Waals surface area contributed by atoms with Gasteiger partial charge in [0.15, 0.2) is 0 Å². The minimum Gasteiger partial charge on any atom is -0.273 e. The normalized spacial score (nSPS) is 16.3. The second kappa shape index (κ2) is 4.49. The van der Waals surface area contributed by atoms with Crippen molar-refractivity contribution >= 4 is 17.5 Å². The molecule has 1 fully saturated rings. The lowest BCUT2D eigenvalue weighted by molar-refractivity contribution is 0.0859. The fourth-order valence-electron chi connectivity index (χ4n) is 2.55. The molecule has 0 atom stereocenters. The van der Waals surface area contributed by atoms with Crippen molar-refractivity contribution in [3.63, 3.8) is 0 Å². The summed E-state index contributed by atoms with van der Waals surface area (Å²) < 4.78 is 1.69. The number of carbonyl (C=O) groups is 1. The quantitative estimate of drug-likeness (QED) is 0.859. The Balaban J connectivity index is 2.00. The zero-order valence-electron chi connectivity index (χ0n) is 10.8. The van der Waals surface area contributed by atoms with Crippen molar-refractivity contribution in [2.45, 2.75) is 31.6 Å². The van der Waals surface area contributed by atoms with E-state index in [4.69, 9.17) is 11.6 Å². The molecule has 0 unspecified atom stereocenters. The summed E-state index contributed by atoms with van der Waals surface area (Å²) in [6.45, 7) is 2.01. The van der Waals surface area contributed by atoms with E-state index in [2.05, 4.69) is 4.98 Å². The van der Waals surface area contributed by atoms with Crippen molar-refractivity contribution in [1.29, 1.82) is 0 Å². The summed E-state index contributed by atoms with van der Waals surface area (Å²) >= 11 is 6.04. The number of rotatable bonds is 3. The predicted octanol–water partition coefficient (Wildman–Crippen LogP) is 3.47. The van der Waals surface area contributed by atoms with Crippen molar-refractivity contribution in [1.82, 2.24) is 9.55 Å². The van der Waals surface area contributed by atoms with E-state index in [9.17, 15) is 4.79 Å². The average Bonchev–Trinajstić information content (AvgIpc) is 3.09. The number of benzene rings is 1. The molecule has 0 spiro atoms. The van der Waals surface area contributed by atoms with Gasteiger partial charge < -0.3 is 0 Å². The second-order valence-corrected chi connectivity index (χ2v) is 5.40. The van der Waals surface area contributed by atoms with Gasteiger partial charge in [0.1, 0.15) is 5.82 Å². The van der Waals surface area contributed by atoms with E-state index in [0.717, 1.165) is 30.7 Å². The Morgan fingerprint density at radius 3 is 2.89 bits per heavy atom. The minimum atomic E-state index is -0.393. The summed E-state index contributed by atoms with van der Waals surface area (Å²) in [5.74, 6) is 0.933. The highest BCUT2D eigenvalue weighted by Crippen LogP contribution is 2.50. The number of halogens is 1. The highest BCUT2D eigenvalue weighted by atomic mass is 35.5. The standard InChI is InChI=1S/C15H15ClN2O/c1-2-13-17-8-9-18(13)14(19)15(6-7-15)11-4-3-5-12(16)10-11/h3-5,8-10H,2,6-7H2,1H3. The molecule has 0 N–H and O–H groups in total. The van der Waals surface area contributed by atoms with Gasteiger partial charge in [0.05, 0.1) is 5.41 Å². The van der Waals surface area contributed by atoms with Crippen LogP contribution in [0.1, 0.15) is 35.9 Å². The molecular weight excluding hydrogens is 260 g/mol. The zero-order valence-corrected chi connectivity index (χ0v) is 11.5. The third-order valence-corrected chi connectivity index (χ3v) is 4.02. The number of aromatic nitrogens is 2. The molecule has 1 heterocycles. The predicted molar refractivity (Wildman–Crippen MR) is 74.6 cm³/mol. The summed E-state index contributed by atoms with van der Waals surface area (Å²) in [6, 6.07) is 7.62. The fraction of sp³-hybridized carbons (Fsp3) is 0.333. The van der Waals surface area contributed by atoms with Gasteiger partial charge >= 0.3 is 0 Å². The number of imidazole rings is 1. The van der Waals surface area contributed by atoms with Crippen LogP contribution >= 0.6 is 11.6 Å². The maximum atomic E-state index is 12.8. The maximum Gasteiger partial charge on any atom is 0.242 e. The molecule has 1 aromatic heterocycles. The van der Waals surface area contributed by atoms with E-state index in [-0.39, 0.29) is 5.91 Å². The van der Waals surface area contributed by atoms with Gasteiger partial charge in [0.2, 0.25) is 5.91 Å². The second-order valence-electron chi connectivity index (χ2n) is 4.96. The Kier molecular flexibility index (Phi) is 2.94. The van der Waals surface area contributed by atoms with Crippen LogP contribution in [0.2, 0.25) is 5.02 Å². The van der Waals surface area contributed by atoms with Gasteiger partial charge in [-0.3, -0.25) is 9.36 Å². The number of aryl methyl sites for hydroxylation is 1. The molecule has 19 heavy (non-hydrogen) atoms. The highest BCUT2D eigenvalue weighted by Gasteiger charge is 2.52. The molecule has 0 radical (unpaired) electrons. The van der Waals surface area contributed by atoms with Crippen molar-refractivity contribution in [2.24, 2.45) is 0 Å². The van der Waals surface area contributed by atoms with E-state index >= 15 is 0 Å². The molecule has 0 amide bonds. The molecule has 1 saturated carbocycles. The van der Waals surface area contributed by atoms with Crippen LogP contribution in [0.25, 0.3) is 0 Å². The van der Waals surface area contributed by atoms with Gasteiger partial charge in [-0.25, -0.2) is 4.98 Å². The number of hydrogen-bond acceptors (Lipinski definition) is 2. The first-order chi connectivity index (χ1) is 9.17. The Labute approximate surface area is 117 Å². The molecule has 98 valence electrons. The van der Waals surface area contributed by atoms with Crippen LogP contribution in [-0.4, -0.2) is 15.5 Å². The van der Waals surface area contributed by atoms with Gasteiger partial charge in [-0.05, 0) is 30.5 Å². The Morgan fingerprint density at radius 2 is 2.26 bits per heavy atom. The third kappa shape index (κ3) is 1.98. The van der Waals surface area contributed by atoms with Crippen molar-refractivity contribution in [2.75, 3.05) is 0 Å². The van der Waals surface area contributed by atoms with Crippen molar-refractivity contribution < 1.29 is 4.79 Å². The van der Waals surface area contributed by atoms with Crippen LogP contribution < -0.4 is 0 Å². The summed E-state index contributed by atoms with van der Waals surface area (Å²) in [5, 5.41) is 0.679. The highest BCUT2D eigenvalue weighted by molar-refractivity contribution is 6.30. The Hall–Kier alpha value is -1.61. The molecule has 3 rings (SSSR count). The number of hydrogen-bond donors (Lipinski definition) is 0. The van der Waals surface area contributed by atoms with Crippen molar-refractivity contribution in [3.05, 3.63) is 53.1 Å². The lowest BCUT2D eigenvalue weighted by Gasteiger charge is -2.16. The summed E-state index contributed by atoms with van der Waals surface area (Å²) in [5.41, 5.74) is 0.621. The molecule has 0 aliphatic heterocycles. The third-order valence-electron chi connectivity index (χ3n) is 3.79.